The highest BCUT2D eigenvalue weighted by atomic mass is 32.2. The van der Waals surface area contributed by atoms with E-state index in [-0.39, 0.29) is 35.6 Å². The number of nitrogens with one attached hydrogen (secondary N) is 1. The number of amides is 1. The minimum Gasteiger partial charge on any atom is -0.508 e. The number of hydrogen-bond donors (Lipinski definition) is 3. The summed E-state index contributed by atoms with van der Waals surface area (Å²) >= 11 is 0. The molecule has 0 spiro atoms. The minimum absolute atomic E-state index is 0.0706. The number of piperidine rings is 1. The van der Waals surface area contributed by atoms with Crippen molar-refractivity contribution in [1.29, 1.82) is 0 Å². The Kier molecular flexibility index (Phi) is 5.48. The highest BCUT2D eigenvalue weighted by Crippen LogP contribution is 2.27. The third-order valence-electron chi connectivity index (χ3n) is 3.94. The van der Waals surface area contributed by atoms with E-state index in [1.54, 1.807) is 4.90 Å². The van der Waals surface area contributed by atoms with Crippen molar-refractivity contribution in [3.05, 3.63) is 23.8 Å². The topological polar surface area (TPSA) is 107 Å². The van der Waals surface area contributed by atoms with Gasteiger partial charge in [0.2, 0.25) is 10.0 Å². The van der Waals surface area contributed by atoms with E-state index in [2.05, 4.69) is 4.72 Å². The lowest BCUT2D eigenvalue weighted by Gasteiger charge is -2.36. The van der Waals surface area contributed by atoms with Crippen LogP contribution in [0.15, 0.2) is 18.2 Å². The van der Waals surface area contributed by atoms with Crippen molar-refractivity contribution in [2.45, 2.75) is 31.7 Å². The molecule has 1 amide bonds. The molecule has 128 valence electrons. The summed E-state index contributed by atoms with van der Waals surface area (Å²) in [5.74, 6) is -0.660. The van der Waals surface area contributed by atoms with Crippen molar-refractivity contribution in [2.75, 3.05) is 19.3 Å². The predicted molar refractivity (Wildman–Crippen MR) is 85.9 cm³/mol. The van der Waals surface area contributed by atoms with Crippen molar-refractivity contribution in [3.63, 3.8) is 0 Å². The molecule has 0 radical (unpaired) electrons. The molecule has 1 aliphatic rings. The molecule has 23 heavy (non-hydrogen) atoms. The van der Waals surface area contributed by atoms with Crippen molar-refractivity contribution in [3.8, 4) is 11.5 Å². The molecular weight excluding hydrogens is 320 g/mol. The van der Waals surface area contributed by atoms with Crippen LogP contribution in [0.2, 0.25) is 0 Å². The number of hydrogen-bond acceptors (Lipinski definition) is 5. The van der Waals surface area contributed by atoms with Gasteiger partial charge in [0, 0.05) is 25.2 Å². The van der Waals surface area contributed by atoms with Crippen molar-refractivity contribution in [1.82, 2.24) is 9.62 Å². The van der Waals surface area contributed by atoms with Gasteiger partial charge >= 0.3 is 0 Å². The van der Waals surface area contributed by atoms with Gasteiger partial charge in [-0.3, -0.25) is 4.79 Å². The van der Waals surface area contributed by atoms with Gasteiger partial charge in [0.25, 0.3) is 5.91 Å². The molecule has 2 rings (SSSR count). The molecule has 0 aliphatic carbocycles. The van der Waals surface area contributed by atoms with Gasteiger partial charge in [-0.2, -0.15) is 0 Å². The number of aromatic hydroxyl groups is 2. The lowest BCUT2D eigenvalue weighted by molar-refractivity contribution is 0.0601. The molecule has 1 saturated heterocycles. The number of rotatable bonds is 5. The van der Waals surface area contributed by atoms with E-state index in [0.717, 1.165) is 31.6 Å². The van der Waals surface area contributed by atoms with E-state index in [9.17, 15) is 23.4 Å². The van der Waals surface area contributed by atoms with Crippen LogP contribution in [-0.4, -0.2) is 54.8 Å². The van der Waals surface area contributed by atoms with Crippen LogP contribution < -0.4 is 4.72 Å². The lowest BCUT2D eigenvalue weighted by Crippen LogP contribution is -2.45. The van der Waals surface area contributed by atoms with Crippen molar-refractivity contribution in [2.24, 2.45) is 0 Å². The van der Waals surface area contributed by atoms with Crippen LogP contribution in [0.1, 0.15) is 36.0 Å². The number of nitrogens with zero attached hydrogens (tertiary/aromatic N) is 1. The zero-order valence-electron chi connectivity index (χ0n) is 13.0. The lowest BCUT2D eigenvalue weighted by atomic mass is 9.98. The summed E-state index contributed by atoms with van der Waals surface area (Å²) in [4.78, 5) is 14.3. The quantitative estimate of drug-likeness (QED) is 0.741. The Bertz CT molecular complexity index is 674. The molecule has 1 atom stereocenters. The highest BCUT2D eigenvalue weighted by molar-refractivity contribution is 7.88. The van der Waals surface area contributed by atoms with Gasteiger partial charge in [-0.15, -0.1) is 0 Å². The largest absolute Gasteiger partial charge is 0.508 e. The van der Waals surface area contributed by atoms with Crippen LogP contribution in [0.4, 0.5) is 0 Å². The maximum atomic E-state index is 12.6. The molecule has 1 aromatic rings. The van der Waals surface area contributed by atoms with E-state index in [1.165, 1.54) is 12.1 Å². The molecule has 8 heteroatoms. The molecular formula is C15H22N2O5S. The molecule has 7 nitrogen and oxygen atoms in total. The van der Waals surface area contributed by atoms with E-state index in [0.29, 0.717) is 13.0 Å². The molecule has 1 aliphatic heterocycles. The van der Waals surface area contributed by atoms with E-state index in [4.69, 9.17) is 0 Å². The Balaban J connectivity index is 2.09. The number of phenolic OH excluding ortho intramolecular Hbond substituents is 2. The standard InChI is InChI=1S/C15H22N2O5S/c1-23(21,22)16-8-7-11-4-2-3-9-17(11)15(20)13-6-5-12(18)10-14(13)19/h5-6,10-11,16,18-19H,2-4,7-9H2,1H3. The van der Waals surface area contributed by atoms with Crippen molar-refractivity contribution < 1.29 is 23.4 Å². The third-order valence-corrected chi connectivity index (χ3v) is 4.67. The minimum atomic E-state index is -3.25. The number of benzene rings is 1. The molecule has 1 aromatic carbocycles. The number of carbonyl (C=O) groups is 1. The van der Waals surface area contributed by atoms with Gasteiger partial charge < -0.3 is 15.1 Å². The fraction of sp³-hybridized carbons (Fsp3) is 0.533. The van der Waals surface area contributed by atoms with Gasteiger partial charge in [-0.05, 0) is 37.8 Å². The Morgan fingerprint density at radius 1 is 1.35 bits per heavy atom. The Morgan fingerprint density at radius 3 is 2.74 bits per heavy atom. The predicted octanol–water partition coefficient (Wildman–Crippen LogP) is 1.03. The molecule has 0 aromatic heterocycles. The summed E-state index contributed by atoms with van der Waals surface area (Å²) in [7, 11) is -3.25. The zero-order chi connectivity index (χ0) is 17.0. The van der Waals surface area contributed by atoms with Crippen LogP contribution in [0.5, 0.6) is 11.5 Å². The SMILES string of the molecule is CS(=O)(=O)NCCC1CCCCN1C(=O)c1ccc(O)cc1O. The van der Waals surface area contributed by atoms with Gasteiger partial charge in [0.05, 0.1) is 11.8 Å². The second kappa shape index (κ2) is 7.18. The monoisotopic (exact) mass is 342 g/mol. The number of phenols is 2. The van der Waals surface area contributed by atoms with Crippen LogP contribution in [0.25, 0.3) is 0 Å². The maximum Gasteiger partial charge on any atom is 0.257 e. The van der Waals surface area contributed by atoms with Crippen LogP contribution >= 0.6 is 0 Å². The third kappa shape index (κ3) is 4.84. The van der Waals surface area contributed by atoms with Crippen LogP contribution in [0.3, 0.4) is 0 Å². The summed E-state index contributed by atoms with van der Waals surface area (Å²) in [6.07, 6.45) is 4.29. The summed E-state index contributed by atoms with van der Waals surface area (Å²) in [5, 5.41) is 19.2. The first kappa shape index (κ1) is 17.6. The van der Waals surface area contributed by atoms with Gasteiger partial charge in [0.15, 0.2) is 0 Å². The van der Waals surface area contributed by atoms with E-state index >= 15 is 0 Å². The average Bonchev–Trinajstić information content (AvgIpc) is 2.46. The Labute approximate surface area is 136 Å². The second-order valence-corrected chi connectivity index (χ2v) is 7.64. The number of sulfonamides is 1. The van der Waals surface area contributed by atoms with Gasteiger partial charge in [-0.25, -0.2) is 13.1 Å². The summed E-state index contributed by atoms with van der Waals surface area (Å²) in [6.45, 7) is 0.845. The molecule has 1 fully saturated rings. The van der Waals surface area contributed by atoms with Gasteiger partial charge in [0.1, 0.15) is 11.5 Å². The fourth-order valence-corrected chi connectivity index (χ4v) is 3.32. The van der Waals surface area contributed by atoms with Gasteiger partial charge in [-0.1, -0.05) is 0 Å². The summed E-state index contributed by atoms with van der Waals surface area (Å²) < 4.78 is 24.7. The Morgan fingerprint density at radius 2 is 2.09 bits per heavy atom. The molecule has 0 bridgehead atoms. The highest BCUT2D eigenvalue weighted by Gasteiger charge is 2.28. The summed E-state index contributed by atoms with van der Waals surface area (Å²) in [6, 6.07) is 3.82. The van der Waals surface area contributed by atoms with E-state index in [1.807, 2.05) is 0 Å². The zero-order valence-corrected chi connectivity index (χ0v) is 13.8. The molecule has 0 saturated carbocycles. The van der Waals surface area contributed by atoms with Crippen molar-refractivity contribution >= 4 is 15.9 Å². The fourth-order valence-electron chi connectivity index (χ4n) is 2.83. The first-order chi connectivity index (χ1) is 10.8. The van der Waals surface area contributed by atoms with Crippen LogP contribution in [-0.2, 0) is 10.0 Å². The van der Waals surface area contributed by atoms with E-state index < -0.39 is 10.0 Å². The molecule has 1 heterocycles. The maximum absolute atomic E-state index is 12.6. The second-order valence-electron chi connectivity index (χ2n) is 5.80. The molecule has 1 unspecified atom stereocenters. The Hall–Kier alpha value is -1.80. The molecule has 3 N–H and O–H groups in total. The van der Waals surface area contributed by atoms with Crippen LogP contribution in [0, 0.1) is 0 Å². The number of carbonyl (C=O) groups excluding carboxylic acids is 1. The smallest absolute Gasteiger partial charge is 0.257 e. The normalized spacial score (nSPS) is 18.8. The first-order valence-electron chi connectivity index (χ1n) is 7.55. The first-order valence-corrected chi connectivity index (χ1v) is 9.44. The summed E-state index contributed by atoms with van der Waals surface area (Å²) in [5.41, 5.74) is 0.144. The average molecular weight is 342 g/mol. The number of likely N-dealkylation sites (tertiary alicyclic amines) is 1.